The molecule has 2 heterocycles. The van der Waals surface area contributed by atoms with Gasteiger partial charge in [-0.05, 0) is 18.2 Å². The summed E-state index contributed by atoms with van der Waals surface area (Å²) in [5.74, 6) is 0. The van der Waals surface area contributed by atoms with Crippen LogP contribution >= 0.6 is 0 Å². The molecule has 0 atom stereocenters. The molecule has 3 rings (SSSR count). The number of benzene rings is 1. The summed E-state index contributed by atoms with van der Waals surface area (Å²) in [6.45, 7) is 0. The second-order valence-electron chi connectivity index (χ2n) is 3.76. The zero-order valence-electron chi connectivity index (χ0n) is 9.01. The Kier molecular flexibility index (Phi) is 2.13. The molecule has 0 amide bonds. The number of nitrogens with one attached hydrogen (secondary N) is 1. The molecule has 0 unspecified atom stereocenters. The summed E-state index contributed by atoms with van der Waals surface area (Å²) in [5, 5.41) is 10.1. The third-order valence-corrected chi connectivity index (χ3v) is 2.78. The summed E-state index contributed by atoms with van der Waals surface area (Å²) >= 11 is 0. The standard InChI is InChI=1S/C14H9N3/c15-8-10-4-3-5-11-12(9-17-14(10)11)13-6-1-2-7-16-13/h1-7,9,17H. The number of aromatic nitrogens is 2. The number of aromatic amines is 1. The highest BCUT2D eigenvalue weighted by Crippen LogP contribution is 2.28. The van der Waals surface area contributed by atoms with Crippen molar-refractivity contribution in [3.8, 4) is 17.3 Å². The normalized spacial score (nSPS) is 10.3. The van der Waals surface area contributed by atoms with E-state index < -0.39 is 0 Å². The summed E-state index contributed by atoms with van der Waals surface area (Å²) in [5.41, 5.74) is 3.46. The molecule has 0 aliphatic heterocycles. The van der Waals surface area contributed by atoms with Crippen LogP contribution in [0.4, 0.5) is 0 Å². The Labute approximate surface area is 98.4 Å². The molecule has 0 spiro atoms. The lowest BCUT2D eigenvalue weighted by molar-refractivity contribution is 1.33. The fraction of sp³-hybridized carbons (Fsp3) is 0. The quantitative estimate of drug-likeness (QED) is 0.683. The molecular weight excluding hydrogens is 210 g/mol. The number of para-hydroxylation sites is 1. The molecule has 1 aromatic carbocycles. The number of nitrogens with zero attached hydrogens (tertiary/aromatic N) is 2. The second-order valence-corrected chi connectivity index (χ2v) is 3.76. The van der Waals surface area contributed by atoms with E-state index in [4.69, 9.17) is 5.26 Å². The highest BCUT2D eigenvalue weighted by atomic mass is 14.7. The summed E-state index contributed by atoms with van der Waals surface area (Å²) < 4.78 is 0. The van der Waals surface area contributed by atoms with Crippen LogP contribution in [-0.2, 0) is 0 Å². The van der Waals surface area contributed by atoms with Crippen LogP contribution in [0.25, 0.3) is 22.2 Å². The minimum Gasteiger partial charge on any atom is -0.359 e. The van der Waals surface area contributed by atoms with Crippen LogP contribution < -0.4 is 0 Å². The largest absolute Gasteiger partial charge is 0.359 e. The molecule has 3 aromatic rings. The van der Waals surface area contributed by atoms with E-state index in [1.807, 2.05) is 36.5 Å². The van der Waals surface area contributed by atoms with Crippen molar-refractivity contribution in [1.29, 1.82) is 5.26 Å². The lowest BCUT2D eigenvalue weighted by atomic mass is 10.1. The molecule has 0 aliphatic carbocycles. The summed E-state index contributed by atoms with van der Waals surface area (Å²) in [7, 11) is 0. The van der Waals surface area contributed by atoms with Crippen molar-refractivity contribution in [2.24, 2.45) is 0 Å². The molecule has 3 nitrogen and oxygen atoms in total. The van der Waals surface area contributed by atoms with Crippen LogP contribution in [0.5, 0.6) is 0 Å². The van der Waals surface area contributed by atoms with Gasteiger partial charge in [-0.3, -0.25) is 4.98 Å². The van der Waals surface area contributed by atoms with Gasteiger partial charge in [0.1, 0.15) is 6.07 Å². The van der Waals surface area contributed by atoms with Crippen molar-refractivity contribution in [2.45, 2.75) is 0 Å². The fourth-order valence-electron chi connectivity index (χ4n) is 1.98. The maximum atomic E-state index is 9.03. The maximum Gasteiger partial charge on any atom is 0.101 e. The van der Waals surface area contributed by atoms with Gasteiger partial charge in [0.2, 0.25) is 0 Å². The van der Waals surface area contributed by atoms with Crippen molar-refractivity contribution >= 4 is 10.9 Å². The minimum atomic E-state index is 0.657. The van der Waals surface area contributed by atoms with Crippen LogP contribution in [0.15, 0.2) is 48.8 Å². The first kappa shape index (κ1) is 9.61. The number of pyridine rings is 1. The SMILES string of the molecule is N#Cc1cccc2c(-c3ccccn3)c[nH]c12. The monoisotopic (exact) mass is 219 g/mol. The molecule has 0 fully saturated rings. The number of nitriles is 1. The molecule has 17 heavy (non-hydrogen) atoms. The van der Waals surface area contributed by atoms with Crippen molar-refractivity contribution < 1.29 is 0 Å². The zero-order valence-corrected chi connectivity index (χ0v) is 9.01. The molecule has 0 saturated carbocycles. The topological polar surface area (TPSA) is 52.5 Å². The highest BCUT2D eigenvalue weighted by molar-refractivity contribution is 5.97. The smallest absolute Gasteiger partial charge is 0.101 e. The fourth-order valence-corrected chi connectivity index (χ4v) is 1.98. The highest BCUT2D eigenvalue weighted by Gasteiger charge is 2.08. The summed E-state index contributed by atoms with van der Waals surface area (Å²) in [6.07, 6.45) is 3.66. The number of H-pyrrole nitrogens is 1. The average Bonchev–Trinajstić information content (AvgIpc) is 2.83. The van der Waals surface area contributed by atoms with Crippen LogP contribution in [0.2, 0.25) is 0 Å². The van der Waals surface area contributed by atoms with E-state index in [1.165, 1.54) is 0 Å². The van der Waals surface area contributed by atoms with Crippen molar-refractivity contribution in [1.82, 2.24) is 9.97 Å². The van der Waals surface area contributed by atoms with Crippen LogP contribution in [-0.4, -0.2) is 9.97 Å². The lowest BCUT2D eigenvalue weighted by Crippen LogP contribution is -1.80. The van der Waals surface area contributed by atoms with Crippen molar-refractivity contribution in [3.05, 3.63) is 54.4 Å². The zero-order chi connectivity index (χ0) is 11.7. The van der Waals surface area contributed by atoms with Gasteiger partial charge in [-0.15, -0.1) is 0 Å². The first-order valence-corrected chi connectivity index (χ1v) is 5.32. The Morgan fingerprint density at radius 3 is 2.82 bits per heavy atom. The third-order valence-electron chi connectivity index (χ3n) is 2.78. The number of rotatable bonds is 1. The molecular formula is C14H9N3. The van der Waals surface area contributed by atoms with E-state index in [0.29, 0.717) is 5.56 Å². The second kappa shape index (κ2) is 3.76. The number of hydrogen-bond acceptors (Lipinski definition) is 2. The van der Waals surface area contributed by atoms with E-state index in [0.717, 1.165) is 22.2 Å². The van der Waals surface area contributed by atoms with Gasteiger partial charge in [0, 0.05) is 23.3 Å². The lowest BCUT2D eigenvalue weighted by Gasteiger charge is -1.98. The molecule has 80 valence electrons. The average molecular weight is 219 g/mol. The van der Waals surface area contributed by atoms with E-state index >= 15 is 0 Å². The summed E-state index contributed by atoms with van der Waals surface area (Å²) in [6, 6.07) is 13.7. The van der Waals surface area contributed by atoms with Crippen LogP contribution in [0.3, 0.4) is 0 Å². The van der Waals surface area contributed by atoms with Crippen LogP contribution in [0.1, 0.15) is 5.56 Å². The molecule has 2 aromatic heterocycles. The third kappa shape index (κ3) is 1.47. The first-order valence-electron chi connectivity index (χ1n) is 5.32. The van der Waals surface area contributed by atoms with E-state index in [1.54, 1.807) is 12.3 Å². The van der Waals surface area contributed by atoms with E-state index in [-0.39, 0.29) is 0 Å². The van der Waals surface area contributed by atoms with E-state index in [9.17, 15) is 0 Å². The Bertz CT molecular complexity index is 705. The van der Waals surface area contributed by atoms with Crippen LogP contribution in [0, 0.1) is 11.3 Å². The molecule has 3 heteroatoms. The van der Waals surface area contributed by atoms with Gasteiger partial charge in [0.15, 0.2) is 0 Å². The maximum absolute atomic E-state index is 9.03. The van der Waals surface area contributed by atoms with Gasteiger partial charge in [0.05, 0.1) is 16.8 Å². The predicted molar refractivity (Wildman–Crippen MR) is 66.2 cm³/mol. The van der Waals surface area contributed by atoms with Gasteiger partial charge in [0.25, 0.3) is 0 Å². The predicted octanol–water partition coefficient (Wildman–Crippen LogP) is 3.10. The Morgan fingerprint density at radius 1 is 1.12 bits per heavy atom. The molecule has 0 aliphatic rings. The van der Waals surface area contributed by atoms with Crippen molar-refractivity contribution in [3.63, 3.8) is 0 Å². The summed E-state index contributed by atoms with van der Waals surface area (Å²) in [4.78, 5) is 7.47. The Balaban J connectivity index is 2.31. The molecule has 0 bridgehead atoms. The van der Waals surface area contributed by atoms with E-state index in [2.05, 4.69) is 16.0 Å². The van der Waals surface area contributed by atoms with Gasteiger partial charge < -0.3 is 4.98 Å². The molecule has 1 N–H and O–H groups in total. The van der Waals surface area contributed by atoms with Gasteiger partial charge >= 0.3 is 0 Å². The number of hydrogen-bond donors (Lipinski definition) is 1. The Hall–Kier alpha value is -2.60. The molecule has 0 radical (unpaired) electrons. The Morgan fingerprint density at radius 2 is 2.06 bits per heavy atom. The van der Waals surface area contributed by atoms with Gasteiger partial charge in [-0.25, -0.2) is 0 Å². The first-order chi connectivity index (χ1) is 8.40. The van der Waals surface area contributed by atoms with Gasteiger partial charge in [-0.2, -0.15) is 5.26 Å². The minimum absolute atomic E-state index is 0.657. The van der Waals surface area contributed by atoms with Gasteiger partial charge in [-0.1, -0.05) is 18.2 Å². The van der Waals surface area contributed by atoms with Crippen molar-refractivity contribution in [2.75, 3.05) is 0 Å². The molecule has 0 saturated heterocycles. The number of fused-ring (bicyclic) bond motifs is 1.